The normalized spacial score (nSPS) is 21.8. The molecule has 7 nitrogen and oxygen atoms in total. The molecule has 0 bridgehead atoms. The Balaban J connectivity index is 1.47. The van der Waals surface area contributed by atoms with Crippen LogP contribution in [0, 0.1) is 0 Å². The molecule has 1 saturated heterocycles. The molecular weight excluding hydrogens is 294 g/mol. The van der Waals surface area contributed by atoms with Gasteiger partial charge in [-0.2, -0.15) is 0 Å². The van der Waals surface area contributed by atoms with Crippen LogP contribution < -0.4 is 10.2 Å². The van der Waals surface area contributed by atoms with Gasteiger partial charge in [0.2, 0.25) is 5.91 Å². The van der Waals surface area contributed by atoms with E-state index >= 15 is 0 Å². The van der Waals surface area contributed by atoms with Crippen molar-refractivity contribution >= 4 is 11.7 Å². The molecule has 4 rings (SSSR count). The van der Waals surface area contributed by atoms with E-state index in [0.717, 1.165) is 70.2 Å². The lowest BCUT2D eigenvalue weighted by Gasteiger charge is -2.33. The zero-order chi connectivity index (χ0) is 15.6. The van der Waals surface area contributed by atoms with Crippen LogP contribution in [0.2, 0.25) is 0 Å². The second-order valence-electron chi connectivity index (χ2n) is 6.52. The summed E-state index contributed by atoms with van der Waals surface area (Å²) < 4.78 is 5.43. The standard InChI is InChI=1S/C16H23N5O2/c22-15(19-12-1-2-12)10-20-4-3-14-13(9-20)16(18-11-17-14)21-5-7-23-8-6-21/h11-12H,1-10H2,(H,19,22). The molecule has 3 aliphatic rings. The first-order valence-electron chi connectivity index (χ1n) is 8.47. The maximum Gasteiger partial charge on any atom is 0.234 e. The second-order valence-corrected chi connectivity index (χ2v) is 6.52. The van der Waals surface area contributed by atoms with Gasteiger partial charge < -0.3 is 15.0 Å². The molecule has 0 unspecified atom stereocenters. The maximum atomic E-state index is 12.0. The lowest BCUT2D eigenvalue weighted by atomic mass is 10.1. The number of carbonyl (C=O) groups is 1. The van der Waals surface area contributed by atoms with Gasteiger partial charge in [-0.25, -0.2) is 9.97 Å². The Bertz CT molecular complexity index is 584. The molecule has 2 fully saturated rings. The highest BCUT2D eigenvalue weighted by Gasteiger charge is 2.27. The van der Waals surface area contributed by atoms with Crippen LogP contribution in [0.1, 0.15) is 24.1 Å². The summed E-state index contributed by atoms with van der Waals surface area (Å²) in [5.74, 6) is 1.16. The molecule has 1 N–H and O–H groups in total. The summed E-state index contributed by atoms with van der Waals surface area (Å²) in [7, 11) is 0. The largest absolute Gasteiger partial charge is 0.378 e. The number of nitrogens with zero attached hydrogens (tertiary/aromatic N) is 4. The predicted molar refractivity (Wildman–Crippen MR) is 85.2 cm³/mol. The SMILES string of the molecule is O=C(CN1CCc2ncnc(N3CCOCC3)c2C1)NC1CC1. The molecule has 0 atom stereocenters. The van der Waals surface area contributed by atoms with Crippen LogP contribution >= 0.6 is 0 Å². The van der Waals surface area contributed by atoms with Crippen LogP contribution in [0.3, 0.4) is 0 Å². The fraction of sp³-hybridized carbons (Fsp3) is 0.688. The minimum absolute atomic E-state index is 0.140. The number of fused-ring (bicyclic) bond motifs is 1. The number of ether oxygens (including phenoxy) is 1. The molecule has 7 heteroatoms. The summed E-state index contributed by atoms with van der Waals surface area (Å²) in [4.78, 5) is 25.5. The molecule has 1 saturated carbocycles. The molecule has 0 spiro atoms. The molecule has 1 amide bonds. The number of nitrogens with one attached hydrogen (secondary N) is 1. The summed E-state index contributed by atoms with van der Waals surface area (Å²) in [6.07, 6.45) is 4.80. The Labute approximate surface area is 136 Å². The molecule has 124 valence electrons. The van der Waals surface area contributed by atoms with E-state index in [4.69, 9.17) is 4.74 Å². The monoisotopic (exact) mass is 317 g/mol. The van der Waals surface area contributed by atoms with Crippen molar-refractivity contribution in [3.8, 4) is 0 Å². The number of anilines is 1. The zero-order valence-electron chi connectivity index (χ0n) is 13.3. The van der Waals surface area contributed by atoms with Crippen molar-refractivity contribution in [1.82, 2.24) is 20.2 Å². The number of amides is 1. The van der Waals surface area contributed by atoms with Crippen LogP contribution in [0.5, 0.6) is 0 Å². The summed E-state index contributed by atoms with van der Waals surface area (Å²) in [6, 6.07) is 0.423. The summed E-state index contributed by atoms with van der Waals surface area (Å²) in [6.45, 7) is 5.31. The van der Waals surface area contributed by atoms with E-state index in [2.05, 4.69) is 25.1 Å². The van der Waals surface area contributed by atoms with Crippen molar-refractivity contribution in [3.05, 3.63) is 17.6 Å². The van der Waals surface area contributed by atoms with Crippen LogP contribution in [-0.2, 0) is 22.5 Å². The summed E-state index contributed by atoms with van der Waals surface area (Å²) in [5.41, 5.74) is 2.31. The first-order valence-corrected chi connectivity index (χ1v) is 8.47. The van der Waals surface area contributed by atoms with E-state index in [1.54, 1.807) is 6.33 Å². The first-order chi connectivity index (χ1) is 11.3. The highest BCUT2D eigenvalue weighted by molar-refractivity contribution is 5.78. The van der Waals surface area contributed by atoms with Gasteiger partial charge in [0.05, 0.1) is 25.5 Å². The number of morpholine rings is 1. The Morgan fingerprint density at radius 2 is 2.09 bits per heavy atom. The Morgan fingerprint density at radius 1 is 1.26 bits per heavy atom. The third-order valence-electron chi connectivity index (χ3n) is 4.68. The van der Waals surface area contributed by atoms with Crippen molar-refractivity contribution in [3.63, 3.8) is 0 Å². The van der Waals surface area contributed by atoms with Gasteiger partial charge in [-0.15, -0.1) is 0 Å². The van der Waals surface area contributed by atoms with E-state index in [0.29, 0.717) is 12.6 Å². The molecule has 23 heavy (non-hydrogen) atoms. The minimum Gasteiger partial charge on any atom is -0.378 e. The van der Waals surface area contributed by atoms with E-state index in [1.807, 2.05) is 0 Å². The first kappa shape index (κ1) is 14.8. The second kappa shape index (κ2) is 6.41. The summed E-state index contributed by atoms with van der Waals surface area (Å²) >= 11 is 0. The Morgan fingerprint density at radius 3 is 2.87 bits per heavy atom. The molecule has 1 aromatic rings. The molecule has 1 aromatic heterocycles. The van der Waals surface area contributed by atoms with Crippen molar-refractivity contribution < 1.29 is 9.53 Å². The average Bonchev–Trinajstić information content (AvgIpc) is 3.39. The minimum atomic E-state index is 0.140. The molecule has 0 aromatic carbocycles. The topological polar surface area (TPSA) is 70.6 Å². The van der Waals surface area contributed by atoms with Gasteiger partial charge >= 0.3 is 0 Å². The smallest absolute Gasteiger partial charge is 0.234 e. The zero-order valence-corrected chi connectivity index (χ0v) is 13.3. The van der Waals surface area contributed by atoms with Gasteiger partial charge in [-0.05, 0) is 12.8 Å². The number of rotatable bonds is 4. The van der Waals surface area contributed by atoms with Gasteiger partial charge in [-0.3, -0.25) is 9.69 Å². The molecule has 0 radical (unpaired) electrons. The summed E-state index contributed by atoms with van der Waals surface area (Å²) in [5, 5.41) is 3.06. The lowest BCUT2D eigenvalue weighted by molar-refractivity contribution is -0.122. The third kappa shape index (κ3) is 3.45. The van der Waals surface area contributed by atoms with Crippen LogP contribution in [0.25, 0.3) is 0 Å². The highest BCUT2D eigenvalue weighted by atomic mass is 16.5. The molecule has 1 aliphatic carbocycles. The maximum absolute atomic E-state index is 12.0. The van der Waals surface area contributed by atoms with Crippen molar-refractivity contribution in [2.24, 2.45) is 0 Å². The third-order valence-corrected chi connectivity index (χ3v) is 4.68. The van der Waals surface area contributed by atoms with E-state index in [-0.39, 0.29) is 5.91 Å². The number of carbonyl (C=O) groups excluding carboxylic acids is 1. The van der Waals surface area contributed by atoms with Gasteiger partial charge in [0, 0.05) is 44.2 Å². The number of hydrogen-bond donors (Lipinski definition) is 1. The van der Waals surface area contributed by atoms with E-state index < -0.39 is 0 Å². The molecule has 3 heterocycles. The van der Waals surface area contributed by atoms with Gasteiger partial charge in [0.15, 0.2) is 0 Å². The fourth-order valence-corrected chi connectivity index (χ4v) is 3.27. The molecular formula is C16H23N5O2. The predicted octanol–water partition coefficient (Wildman–Crippen LogP) is -0.0501. The molecule has 2 aliphatic heterocycles. The Kier molecular flexibility index (Phi) is 4.13. The van der Waals surface area contributed by atoms with E-state index in [9.17, 15) is 4.79 Å². The van der Waals surface area contributed by atoms with Crippen LogP contribution in [-0.4, -0.2) is 66.2 Å². The van der Waals surface area contributed by atoms with Gasteiger partial charge in [0.25, 0.3) is 0 Å². The number of hydrogen-bond acceptors (Lipinski definition) is 6. The lowest BCUT2D eigenvalue weighted by Crippen LogP contribution is -2.42. The van der Waals surface area contributed by atoms with Crippen molar-refractivity contribution in [1.29, 1.82) is 0 Å². The quantitative estimate of drug-likeness (QED) is 0.840. The van der Waals surface area contributed by atoms with Crippen molar-refractivity contribution in [2.45, 2.75) is 31.8 Å². The fourth-order valence-electron chi connectivity index (χ4n) is 3.27. The number of aromatic nitrogens is 2. The average molecular weight is 317 g/mol. The van der Waals surface area contributed by atoms with Crippen molar-refractivity contribution in [2.75, 3.05) is 44.3 Å². The Hall–Kier alpha value is -1.73. The van der Waals surface area contributed by atoms with E-state index in [1.165, 1.54) is 5.56 Å². The van der Waals surface area contributed by atoms with Gasteiger partial charge in [0.1, 0.15) is 12.1 Å². The van der Waals surface area contributed by atoms with Gasteiger partial charge in [-0.1, -0.05) is 0 Å². The van der Waals surface area contributed by atoms with Crippen LogP contribution in [0.15, 0.2) is 6.33 Å². The highest BCUT2D eigenvalue weighted by Crippen LogP contribution is 2.26. The van der Waals surface area contributed by atoms with Crippen LogP contribution in [0.4, 0.5) is 5.82 Å².